The molecule has 0 saturated heterocycles. The number of urea groups is 1. The number of benzene rings is 1. The summed E-state index contributed by atoms with van der Waals surface area (Å²) in [4.78, 5) is 23.2. The van der Waals surface area contributed by atoms with Crippen molar-refractivity contribution in [3.8, 4) is 5.75 Å². The number of nitrogens with zero attached hydrogens (tertiary/aromatic N) is 2. The third-order valence-corrected chi connectivity index (χ3v) is 3.04. The predicted octanol–water partition coefficient (Wildman–Crippen LogP) is 1.85. The zero-order valence-corrected chi connectivity index (χ0v) is 13.0. The molecule has 1 aromatic carbocycles. The monoisotopic (exact) mass is 316 g/mol. The normalized spacial score (nSPS) is 10.1. The van der Waals surface area contributed by atoms with E-state index in [1.54, 1.807) is 36.5 Å². The van der Waals surface area contributed by atoms with Gasteiger partial charge in [0.1, 0.15) is 5.75 Å². The molecule has 2 aromatic rings. The Balaban J connectivity index is 1.71. The Bertz CT molecular complexity index is 682. The van der Waals surface area contributed by atoms with Gasteiger partial charge in [0.15, 0.2) is 0 Å². The highest BCUT2D eigenvalue weighted by Gasteiger charge is 2.02. The Labute approximate surface area is 134 Å². The van der Waals surface area contributed by atoms with Crippen LogP contribution in [0.5, 0.6) is 5.75 Å². The van der Waals surface area contributed by atoms with Gasteiger partial charge < -0.3 is 15.4 Å². The Kier molecular flexibility index (Phi) is 6.17. The third-order valence-electron chi connectivity index (χ3n) is 3.04. The van der Waals surface area contributed by atoms with Crippen molar-refractivity contribution < 1.29 is 9.53 Å². The molecule has 0 unspecified atom stereocenters. The van der Waals surface area contributed by atoms with Gasteiger partial charge in [0.05, 0.1) is 6.61 Å². The lowest BCUT2D eigenvalue weighted by Gasteiger charge is -2.09. The van der Waals surface area contributed by atoms with E-state index < -0.39 is 0 Å². The van der Waals surface area contributed by atoms with Gasteiger partial charge in [-0.25, -0.2) is 9.48 Å². The van der Waals surface area contributed by atoms with Crippen LogP contribution in [0.1, 0.15) is 13.3 Å². The van der Waals surface area contributed by atoms with E-state index >= 15 is 0 Å². The zero-order chi connectivity index (χ0) is 16.5. The minimum absolute atomic E-state index is 0.147. The summed E-state index contributed by atoms with van der Waals surface area (Å²) in [6, 6.07) is 9.91. The van der Waals surface area contributed by atoms with E-state index in [-0.39, 0.29) is 11.6 Å². The number of hydrogen-bond donors (Lipinski definition) is 2. The third kappa shape index (κ3) is 5.46. The fraction of sp³-hybridized carbons (Fsp3) is 0.312. The molecule has 7 heteroatoms. The van der Waals surface area contributed by atoms with E-state index in [0.29, 0.717) is 31.8 Å². The fourth-order valence-electron chi connectivity index (χ4n) is 1.96. The van der Waals surface area contributed by atoms with Crippen molar-refractivity contribution in [2.24, 2.45) is 0 Å². The summed E-state index contributed by atoms with van der Waals surface area (Å²) < 4.78 is 6.70. The van der Waals surface area contributed by atoms with Crippen molar-refractivity contribution in [1.29, 1.82) is 0 Å². The highest BCUT2D eigenvalue weighted by Crippen LogP contribution is 2.15. The number of aryl methyl sites for hydroxylation is 1. The van der Waals surface area contributed by atoms with Gasteiger partial charge in [0, 0.05) is 31.0 Å². The molecule has 0 bridgehead atoms. The molecule has 0 aliphatic heterocycles. The van der Waals surface area contributed by atoms with E-state index in [1.165, 1.54) is 10.7 Å². The Morgan fingerprint density at radius 2 is 2.04 bits per heavy atom. The van der Waals surface area contributed by atoms with E-state index in [1.807, 2.05) is 6.92 Å². The van der Waals surface area contributed by atoms with E-state index in [4.69, 9.17) is 4.74 Å². The lowest BCUT2D eigenvalue weighted by atomic mass is 10.3. The summed E-state index contributed by atoms with van der Waals surface area (Å²) in [7, 11) is 0. The number of nitrogens with one attached hydrogen (secondary N) is 2. The van der Waals surface area contributed by atoms with Crippen LogP contribution in [-0.2, 0) is 6.54 Å². The average Bonchev–Trinajstić information content (AvgIpc) is 2.55. The maximum Gasteiger partial charge on any atom is 0.319 e. The first kappa shape index (κ1) is 16.5. The molecule has 0 aliphatic carbocycles. The van der Waals surface area contributed by atoms with Gasteiger partial charge in [-0.2, -0.15) is 5.10 Å². The molecule has 0 saturated carbocycles. The second-order valence-corrected chi connectivity index (χ2v) is 4.78. The first-order chi connectivity index (χ1) is 11.2. The van der Waals surface area contributed by atoms with Crippen LogP contribution in [0.4, 0.5) is 10.5 Å². The number of carbonyl (C=O) groups excluding carboxylic acids is 1. The smallest absolute Gasteiger partial charge is 0.319 e. The van der Waals surface area contributed by atoms with Gasteiger partial charge in [-0.15, -0.1) is 0 Å². The highest BCUT2D eigenvalue weighted by molar-refractivity contribution is 5.89. The molecule has 0 aliphatic rings. The number of aromatic nitrogens is 2. The maximum atomic E-state index is 11.8. The van der Waals surface area contributed by atoms with Crippen molar-refractivity contribution in [2.45, 2.75) is 19.9 Å². The Hall–Kier alpha value is -2.83. The fourth-order valence-corrected chi connectivity index (χ4v) is 1.96. The average molecular weight is 316 g/mol. The van der Waals surface area contributed by atoms with Gasteiger partial charge in [0.2, 0.25) is 0 Å². The van der Waals surface area contributed by atoms with Crippen LogP contribution in [0.25, 0.3) is 0 Å². The topological polar surface area (TPSA) is 85.2 Å². The standard InChI is InChI=1S/C16H20N4O3/c1-2-23-14-8-6-13(7-9-14)19-16(22)17-10-4-12-20-15(21)5-3-11-18-20/h3,5-9,11H,2,4,10,12H2,1H3,(H2,17,19,22). The molecule has 1 aromatic heterocycles. The van der Waals surface area contributed by atoms with Crippen molar-refractivity contribution in [2.75, 3.05) is 18.5 Å². The minimum Gasteiger partial charge on any atom is -0.494 e. The number of amides is 2. The van der Waals surface area contributed by atoms with Gasteiger partial charge in [0.25, 0.3) is 5.56 Å². The number of ether oxygens (including phenoxy) is 1. The predicted molar refractivity (Wildman–Crippen MR) is 87.7 cm³/mol. The summed E-state index contributed by atoms with van der Waals surface area (Å²) in [5.74, 6) is 0.763. The molecular weight excluding hydrogens is 296 g/mol. The largest absolute Gasteiger partial charge is 0.494 e. The van der Waals surface area contributed by atoms with Crippen molar-refractivity contribution >= 4 is 11.7 Å². The molecule has 0 spiro atoms. The summed E-state index contributed by atoms with van der Waals surface area (Å²) in [6.07, 6.45) is 2.18. The van der Waals surface area contributed by atoms with Crippen LogP contribution >= 0.6 is 0 Å². The molecule has 2 N–H and O–H groups in total. The van der Waals surface area contributed by atoms with Crippen LogP contribution in [0.2, 0.25) is 0 Å². The SMILES string of the molecule is CCOc1ccc(NC(=O)NCCCn2ncccc2=O)cc1. The van der Waals surface area contributed by atoms with Crippen molar-refractivity contribution in [1.82, 2.24) is 15.1 Å². The summed E-state index contributed by atoms with van der Waals surface area (Å²) in [5.41, 5.74) is 0.540. The van der Waals surface area contributed by atoms with Crippen LogP contribution in [0, 0.1) is 0 Å². The summed E-state index contributed by atoms with van der Waals surface area (Å²) >= 11 is 0. The molecule has 23 heavy (non-hydrogen) atoms. The van der Waals surface area contributed by atoms with Crippen LogP contribution in [0.15, 0.2) is 47.4 Å². The first-order valence-electron chi connectivity index (χ1n) is 7.49. The van der Waals surface area contributed by atoms with E-state index in [9.17, 15) is 9.59 Å². The molecular formula is C16H20N4O3. The second-order valence-electron chi connectivity index (χ2n) is 4.78. The molecule has 1 heterocycles. The van der Waals surface area contributed by atoms with Gasteiger partial charge in [-0.3, -0.25) is 4.79 Å². The number of hydrogen-bond acceptors (Lipinski definition) is 4. The Morgan fingerprint density at radius 3 is 2.74 bits per heavy atom. The van der Waals surface area contributed by atoms with Gasteiger partial charge in [-0.1, -0.05) is 0 Å². The van der Waals surface area contributed by atoms with E-state index in [0.717, 1.165) is 5.75 Å². The highest BCUT2D eigenvalue weighted by atomic mass is 16.5. The molecule has 0 radical (unpaired) electrons. The molecule has 2 amide bonds. The molecule has 122 valence electrons. The van der Waals surface area contributed by atoms with Gasteiger partial charge in [-0.05, 0) is 43.7 Å². The van der Waals surface area contributed by atoms with Crippen molar-refractivity contribution in [3.05, 3.63) is 52.9 Å². The van der Waals surface area contributed by atoms with Crippen LogP contribution in [-0.4, -0.2) is 29.0 Å². The summed E-state index contributed by atoms with van der Waals surface area (Å²) in [5, 5.41) is 9.42. The lowest BCUT2D eigenvalue weighted by Crippen LogP contribution is -2.31. The molecule has 2 rings (SSSR count). The van der Waals surface area contributed by atoms with Crippen LogP contribution in [0.3, 0.4) is 0 Å². The van der Waals surface area contributed by atoms with Crippen molar-refractivity contribution in [3.63, 3.8) is 0 Å². The molecule has 7 nitrogen and oxygen atoms in total. The van der Waals surface area contributed by atoms with E-state index in [2.05, 4.69) is 15.7 Å². The zero-order valence-electron chi connectivity index (χ0n) is 13.0. The van der Waals surface area contributed by atoms with Crippen LogP contribution < -0.4 is 20.9 Å². The number of anilines is 1. The second kappa shape index (κ2) is 8.57. The molecule has 0 fully saturated rings. The maximum absolute atomic E-state index is 11.8. The minimum atomic E-state index is -0.289. The quantitative estimate of drug-likeness (QED) is 0.763. The molecule has 0 atom stereocenters. The number of rotatable bonds is 7. The number of carbonyl (C=O) groups is 1. The first-order valence-corrected chi connectivity index (χ1v) is 7.49. The summed E-state index contributed by atoms with van der Waals surface area (Å²) in [6.45, 7) is 3.43. The Morgan fingerprint density at radius 1 is 1.26 bits per heavy atom. The van der Waals surface area contributed by atoms with Gasteiger partial charge >= 0.3 is 6.03 Å². The lowest BCUT2D eigenvalue weighted by molar-refractivity contribution is 0.251.